The van der Waals surface area contributed by atoms with E-state index in [0.29, 0.717) is 30.7 Å². The lowest BCUT2D eigenvalue weighted by Gasteiger charge is -2.24. The second-order valence-electron chi connectivity index (χ2n) is 12.1. The van der Waals surface area contributed by atoms with Crippen molar-refractivity contribution in [1.29, 1.82) is 0 Å². The van der Waals surface area contributed by atoms with Crippen molar-refractivity contribution in [2.45, 2.75) is 64.3 Å². The van der Waals surface area contributed by atoms with E-state index in [2.05, 4.69) is 10.0 Å². The fourth-order valence-corrected chi connectivity index (χ4v) is 6.62. The number of fused-ring (bicyclic) bond motifs is 1. The molecule has 0 aliphatic rings. The molecule has 0 fully saturated rings. The van der Waals surface area contributed by atoms with Gasteiger partial charge in [-0.1, -0.05) is 44.2 Å². The molecule has 0 spiro atoms. The van der Waals surface area contributed by atoms with Crippen molar-refractivity contribution in [3.05, 3.63) is 94.7 Å². The molecule has 4 aromatic rings. The molecular weight excluding hydrogens is 604 g/mol. The predicted molar refractivity (Wildman–Crippen MR) is 178 cm³/mol. The lowest BCUT2D eigenvalue weighted by atomic mass is 9.96. The molecule has 4 rings (SSSR count). The second kappa shape index (κ2) is 13.8. The maximum Gasteiger partial charge on any atom is 0.265 e. The molecule has 46 heavy (non-hydrogen) atoms. The molecule has 0 saturated heterocycles. The van der Waals surface area contributed by atoms with E-state index in [-0.39, 0.29) is 22.3 Å². The van der Waals surface area contributed by atoms with Crippen LogP contribution in [0.4, 0.5) is 0 Å². The number of hydrogen-bond acceptors (Lipinski definition) is 6. The number of aromatic nitrogens is 1. The fraction of sp³-hybridized carbons (Fsp3) is 0.343. The molecule has 11 heteroatoms. The van der Waals surface area contributed by atoms with Crippen molar-refractivity contribution >= 4 is 38.6 Å². The van der Waals surface area contributed by atoms with E-state index < -0.39 is 27.4 Å². The number of sulfonamides is 1. The van der Waals surface area contributed by atoms with Crippen LogP contribution in [0, 0.1) is 12.8 Å². The molecule has 1 heterocycles. The highest BCUT2D eigenvalue weighted by atomic mass is 32.2. The summed E-state index contributed by atoms with van der Waals surface area (Å²) in [6, 6.07) is 17.1. The first-order valence-electron chi connectivity index (χ1n) is 15.2. The van der Waals surface area contributed by atoms with E-state index in [0.717, 1.165) is 34.0 Å². The molecule has 1 aromatic heterocycles. The third-order valence-electron chi connectivity index (χ3n) is 8.24. The number of rotatable bonds is 13. The molecule has 10 nitrogen and oxygen atoms in total. The van der Waals surface area contributed by atoms with Gasteiger partial charge in [0, 0.05) is 41.5 Å². The van der Waals surface area contributed by atoms with Crippen molar-refractivity contribution in [2.75, 3.05) is 13.7 Å². The summed E-state index contributed by atoms with van der Waals surface area (Å²) in [6.45, 7) is 9.70. The van der Waals surface area contributed by atoms with E-state index in [1.807, 2.05) is 42.8 Å². The number of ether oxygens (including phenoxy) is 1. The largest absolute Gasteiger partial charge is 0.496 e. The molecule has 0 aliphatic carbocycles. The first-order chi connectivity index (χ1) is 21.7. The number of carbonyl (C=O) groups excluding carboxylic acids is 3. The van der Waals surface area contributed by atoms with Crippen LogP contribution in [0.1, 0.15) is 66.7 Å². The van der Waals surface area contributed by atoms with E-state index in [4.69, 9.17) is 10.5 Å². The van der Waals surface area contributed by atoms with Gasteiger partial charge in [-0.05, 0) is 86.2 Å². The molecule has 0 radical (unpaired) electrons. The van der Waals surface area contributed by atoms with Gasteiger partial charge in [-0.25, -0.2) is 13.1 Å². The molecule has 0 saturated carbocycles. The molecule has 0 bridgehead atoms. The van der Waals surface area contributed by atoms with Crippen LogP contribution in [-0.2, 0) is 38.0 Å². The minimum Gasteiger partial charge on any atom is -0.496 e. The maximum absolute atomic E-state index is 13.0. The van der Waals surface area contributed by atoms with Gasteiger partial charge >= 0.3 is 0 Å². The number of aryl methyl sites for hydroxylation is 1. The molecular formula is C35H42N4O6S. The van der Waals surface area contributed by atoms with Gasteiger partial charge in [-0.15, -0.1) is 0 Å². The second-order valence-corrected chi connectivity index (χ2v) is 13.7. The maximum atomic E-state index is 13.0. The average Bonchev–Trinajstić information content (AvgIpc) is 3.37. The van der Waals surface area contributed by atoms with Crippen LogP contribution in [0.25, 0.3) is 10.9 Å². The third kappa shape index (κ3) is 7.25. The van der Waals surface area contributed by atoms with Crippen LogP contribution < -0.4 is 20.5 Å². The number of nitrogens with two attached hydrogens (primary N) is 1. The zero-order chi connectivity index (χ0) is 33.8. The monoisotopic (exact) mass is 646 g/mol. The van der Waals surface area contributed by atoms with Crippen LogP contribution in [-0.4, -0.2) is 44.4 Å². The highest BCUT2D eigenvalue weighted by molar-refractivity contribution is 7.90. The smallest absolute Gasteiger partial charge is 0.265 e. The van der Waals surface area contributed by atoms with Crippen molar-refractivity contribution in [3.63, 3.8) is 0 Å². The molecule has 3 aromatic carbocycles. The molecule has 1 atom stereocenters. The SMILES string of the molecule is CCCNC(=O)C(C)Cc1ccc2c(c1)c(Cc1ccc(C(=O)NS(=O)(=O)c3ccccc3C)cc1OC)cn2C(C)(C)C(N)=O. The Morgan fingerprint density at radius 3 is 2.39 bits per heavy atom. The number of carbonyl (C=O) groups is 3. The summed E-state index contributed by atoms with van der Waals surface area (Å²) < 4.78 is 35.5. The van der Waals surface area contributed by atoms with Crippen LogP contribution in [0.2, 0.25) is 0 Å². The zero-order valence-electron chi connectivity index (χ0n) is 27.1. The predicted octanol–water partition coefficient (Wildman–Crippen LogP) is 4.59. The van der Waals surface area contributed by atoms with Gasteiger partial charge in [0.05, 0.1) is 12.0 Å². The van der Waals surface area contributed by atoms with Crippen LogP contribution in [0.3, 0.4) is 0 Å². The molecule has 4 N–H and O–H groups in total. The minimum atomic E-state index is -4.09. The number of amides is 3. The number of benzene rings is 3. The van der Waals surface area contributed by atoms with Crippen molar-refractivity contribution in [3.8, 4) is 5.75 Å². The summed E-state index contributed by atoms with van der Waals surface area (Å²) in [7, 11) is -2.61. The van der Waals surface area contributed by atoms with E-state index in [1.54, 1.807) is 51.1 Å². The summed E-state index contributed by atoms with van der Waals surface area (Å²) in [6.07, 6.45) is 3.67. The Bertz CT molecular complexity index is 1890. The Morgan fingerprint density at radius 1 is 1.02 bits per heavy atom. The summed E-state index contributed by atoms with van der Waals surface area (Å²) in [5.74, 6) is -1.11. The zero-order valence-corrected chi connectivity index (χ0v) is 28.0. The van der Waals surface area contributed by atoms with Crippen LogP contribution in [0.15, 0.2) is 71.8 Å². The Kier molecular flexibility index (Phi) is 10.3. The van der Waals surface area contributed by atoms with E-state index >= 15 is 0 Å². The van der Waals surface area contributed by atoms with Gasteiger partial charge in [-0.2, -0.15) is 0 Å². The minimum absolute atomic E-state index is 0.00447. The fourth-order valence-electron chi connectivity index (χ4n) is 5.39. The molecule has 3 amide bonds. The van der Waals surface area contributed by atoms with E-state index in [9.17, 15) is 22.8 Å². The van der Waals surface area contributed by atoms with E-state index in [1.165, 1.54) is 19.2 Å². The highest BCUT2D eigenvalue weighted by Gasteiger charge is 2.30. The normalized spacial score (nSPS) is 12.5. The van der Waals surface area contributed by atoms with Crippen LogP contribution >= 0.6 is 0 Å². The van der Waals surface area contributed by atoms with Crippen molar-refractivity contribution < 1.29 is 27.5 Å². The highest BCUT2D eigenvalue weighted by Crippen LogP contribution is 2.33. The number of nitrogens with one attached hydrogen (secondary N) is 2. The van der Waals surface area contributed by atoms with Crippen molar-refractivity contribution in [2.24, 2.45) is 11.7 Å². The topological polar surface area (TPSA) is 150 Å². The summed E-state index contributed by atoms with van der Waals surface area (Å²) in [5.41, 5.74) is 8.81. The lowest BCUT2D eigenvalue weighted by Crippen LogP contribution is -2.40. The van der Waals surface area contributed by atoms with Gasteiger partial charge in [0.1, 0.15) is 11.3 Å². The Morgan fingerprint density at radius 2 is 1.74 bits per heavy atom. The van der Waals surface area contributed by atoms with Crippen LogP contribution in [0.5, 0.6) is 5.75 Å². The van der Waals surface area contributed by atoms with Gasteiger partial charge in [0.25, 0.3) is 15.9 Å². The third-order valence-corrected chi connectivity index (χ3v) is 9.73. The van der Waals surface area contributed by atoms with Gasteiger partial charge < -0.3 is 20.4 Å². The number of hydrogen-bond donors (Lipinski definition) is 3. The number of primary amides is 1. The Balaban J connectivity index is 1.69. The molecule has 244 valence electrons. The number of nitrogens with zero attached hydrogens (tertiary/aromatic N) is 1. The average molecular weight is 647 g/mol. The summed E-state index contributed by atoms with van der Waals surface area (Å²) in [4.78, 5) is 38.1. The lowest BCUT2D eigenvalue weighted by molar-refractivity contribution is -0.125. The Labute approximate surface area is 270 Å². The number of methoxy groups -OCH3 is 1. The van der Waals surface area contributed by atoms with Gasteiger partial charge in [-0.3, -0.25) is 14.4 Å². The standard InChI is InChI=1S/C35H42N4O6S/c1-7-16-37-32(40)23(3)17-24-12-15-29-28(18-24)27(21-39(29)35(4,5)34(36)42)19-25-13-14-26(20-30(25)45-6)33(41)38-46(43,44)31-11-9-8-10-22(31)2/h8-15,18,20-21,23H,7,16-17,19H2,1-6H3,(H2,36,42)(H,37,40)(H,38,41). The molecule has 1 unspecified atom stereocenters. The Hall–Kier alpha value is -4.64. The van der Waals surface area contributed by atoms with Gasteiger partial charge in [0.15, 0.2) is 0 Å². The molecule has 0 aliphatic heterocycles. The summed E-state index contributed by atoms with van der Waals surface area (Å²) >= 11 is 0. The summed E-state index contributed by atoms with van der Waals surface area (Å²) in [5, 5.41) is 3.84. The van der Waals surface area contributed by atoms with Crippen molar-refractivity contribution in [1.82, 2.24) is 14.6 Å². The van der Waals surface area contributed by atoms with Gasteiger partial charge in [0.2, 0.25) is 11.8 Å². The first-order valence-corrected chi connectivity index (χ1v) is 16.7. The quantitative estimate of drug-likeness (QED) is 0.193. The first kappa shape index (κ1) is 34.2.